The van der Waals surface area contributed by atoms with Crippen LogP contribution in [0.3, 0.4) is 0 Å². The third-order valence-electron chi connectivity index (χ3n) is 7.33. The van der Waals surface area contributed by atoms with Crippen molar-refractivity contribution in [1.82, 2.24) is 19.6 Å². The van der Waals surface area contributed by atoms with Gasteiger partial charge >= 0.3 is 0 Å². The highest BCUT2D eigenvalue weighted by Gasteiger charge is 2.30. The molecular weight excluding hydrogens is 451 g/mol. The maximum Gasteiger partial charge on any atom is 0.127 e. The van der Waals surface area contributed by atoms with Gasteiger partial charge in [0, 0.05) is 56.8 Å². The third-order valence-corrected chi connectivity index (χ3v) is 7.33. The number of nitrogens with zero attached hydrogens (tertiary/aromatic N) is 4. The molecule has 3 aromatic rings. The van der Waals surface area contributed by atoms with Crippen molar-refractivity contribution < 1.29 is 9.50 Å². The van der Waals surface area contributed by atoms with Crippen LogP contribution in [0.25, 0.3) is 5.69 Å². The Morgan fingerprint density at radius 3 is 2.67 bits per heavy atom. The Morgan fingerprint density at radius 2 is 1.92 bits per heavy atom. The van der Waals surface area contributed by atoms with Crippen LogP contribution in [-0.2, 0) is 26.1 Å². The summed E-state index contributed by atoms with van der Waals surface area (Å²) >= 11 is 0. The maximum absolute atomic E-state index is 14.4. The lowest BCUT2D eigenvalue weighted by atomic mass is 10.0. The van der Waals surface area contributed by atoms with E-state index in [9.17, 15) is 9.50 Å². The number of aliphatic hydroxyl groups excluding tert-OH is 1. The fraction of sp³-hybridized carbons (Fsp3) is 0.433. The molecule has 0 amide bonds. The Kier molecular flexibility index (Phi) is 7.95. The zero-order valence-corrected chi connectivity index (χ0v) is 21.0. The van der Waals surface area contributed by atoms with E-state index in [1.54, 1.807) is 6.07 Å². The van der Waals surface area contributed by atoms with E-state index in [2.05, 4.69) is 33.2 Å². The second-order valence-electron chi connectivity index (χ2n) is 10.3. The minimum absolute atomic E-state index is 0.146. The molecule has 0 radical (unpaired) electrons. The van der Waals surface area contributed by atoms with E-state index in [0.717, 1.165) is 68.3 Å². The van der Waals surface area contributed by atoms with Crippen molar-refractivity contribution in [3.05, 3.63) is 95.6 Å². The molecule has 1 aromatic heterocycles. The molecule has 2 aliphatic rings. The van der Waals surface area contributed by atoms with E-state index in [1.807, 2.05) is 36.4 Å². The van der Waals surface area contributed by atoms with Crippen molar-refractivity contribution in [3.8, 4) is 5.69 Å². The van der Waals surface area contributed by atoms with Crippen LogP contribution in [-0.4, -0.2) is 50.4 Å². The molecule has 0 saturated heterocycles. The van der Waals surface area contributed by atoms with E-state index in [0.29, 0.717) is 13.1 Å². The number of fused-ring (bicyclic) bond motifs is 1. The highest BCUT2D eigenvalue weighted by atomic mass is 19.1. The first kappa shape index (κ1) is 24.9. The van der Waals surface area contributed by atoms with Gasteiger partial charge in [-0.2, -0.15) is 5.10 Å². The van der Waals surface area contributed by atoms with Gasteiger partial charge in [-0.25, -0.2) is 9.07 Å². The molecule has 1 N–H and O–H groups in total. The van der Waals surface area contributed by atoms with Gasteiger partial charge in [0.15, 0.2) is 0 Å². The van der Waals surface area contributed by atoms with Gasteiger partial charge in [-0.05, 0) is 49.8 Å². The van der Waals surface area contributed by atoms with Gasteiger partial charge < -0.3 is 5.11 Å². The molecule has 1 aliphatic carbocycles. The number of hydrogen-bond donors (Lipinski definition) is 1. The summed E-state index contributed by atoms with van der Waals surface area (Å²) in [5.74, 6) is 0.578. The average Bonchev–Trinajstić information content (AvgIpc) is 3.64. The predicted octanol–water partition coefficient (Wildman–Crippen LogP) is 5.11. The van der Waals surface area contributed by atoms with E-state index in [1.165, 1.54) is 30.2 Å². The Labute approximate surface area is 213 Å². The van der Waals surface area contributed by atoms with Crippen LogP contribution in [0, 0.1) is 11.7 Å². The fourth-order valence-corrected chi connectivity index (χ4v) is 5.23. The fourth-order valence-electron chi connectivity index (χ4n) is 5.23. The molecule has 2 heterocycles. The molecule has 5 nitrogen and oxygen atoms in total. The van der Waals surface area contributed by atoms with Gasteiger partial charge in [-0.1, -0.05) is 42.5 Å². The molecule has 1 fully saturated rings. The zero-order chi connectivity index (χ0) is 24.9. The Bertz CT molecular complexity index is 1160. The van der Waals surface area contributed by atoms with E-state index >= 15 is 0 Å². The number of benzene rings is 2. The van der Waals surface area contributed by atoms with Crippen molar-refractivity contribution in [2.45, 2.75) is 57.8 Å². The van der Waals surface area contributed by atoms with Crippen LogP contribution in [0.4, 0.5) is 4.39 Å². The Hall–Kier alpha value is -2.80. The SMILES string of the molecule is C=CCCC(O)CN(Cc1nn(-c2ccccc2)c2c1CN(Cc1ccccc1F)CC2)CC1CC1. The summed E-state index contributed by atoms with van der Waals surface area (Å²) in [4.78, 5) is 4.71. The summed E-state index contributed by atoms with van der Waals surface area (Å²) < 4.78 is 16.5. The zero-order valence-electron chi connectivity index (χ0n) is 21.0. The van der Waals surface area contributed by atoms with Crippen LogP contribution in [0.15, 0.2) is 67.3 Å². The normalized spacial score (nSPS) is 16.8. The lowest BCUT2D eigenvalue weighted by molar-refractivity contribution is 0.0985. The minimum atomic E-state index is -0.369. The predicted molar refractivity (Wildman–Crippen MR) is 141 cm³/mol. The topological polar surface area (TPSA) is 44.5 Å². The van der Waals surface area contributed by atoms with Gasteiger partial charge in [0.1, 0.15) is 5.82 Å². The van der Waals surface area contributed by atoms with Crippen LogP contribution >= 0.6 is 0 Å². The Morgan fingerprint density at radius 1 is 1.14 bits per heavy atom. The summed E-state index contributed by atoms with van der Waals surface area (Å²) in [6, 6.07) is 17.4. The van der Waals surface area contributed by atoms with E-state index in [4.69, 9.17) is 5.10 Å². The molecule has 36 heavy (non-hydrogen) atoms. The first-order valence-electron chi connectivity index (χ1n) is 13.2. The Balaban J connectivity index is 1.41. The lowest BCUT2D eigenvalue weighted by Crippen LogP contribution is -2.35. The molecule has 1 aliphatic heterocycles. The highest BCUT2D eigenvalue weighted by Crippen LogP contribution is 2.32. The first-order chi connectivity index (χ1) is 17.6. The smallest absolute Gasteiger partial charge is 0.127 e. The summed E-state index contributed by atoms with van der Waals surface area (Å²) in [6.07, 6.45) is 6.47. The molecule has 0 bridgehead atoms. The lowest BCUT2D eigenvalue weighted by Gasteiger charge is -2.29. The van der Waals surface area contributed by atoms with Crippen molar-refractivity contribution in [3.63, 3.8) is 0 Å². The van der Waals surface area contributed by atoms with Crippen molar-refractivity contribution in [1.29, 1.82) is 0 Å². The second kappa shape index (κ2) is 11.5. The number of allylic oxidation sites excluding steroid dienone is 1. The molecule has 0 spiro atoms. The summed E-state index contributed by atoms with van der Waals surface area (Å²) in [6.45, 7) is 8.37. The van der Waals surface area contributed by atoms with Crippen LogP contribution in [0.1, 0.15) is 48.2 Å². The van der Waals surface area contributed by atoms with E-state index < -0.39 is 0 Å². The van der Waals surface area contributed by atoms with E-state index in [-0.39, 0.29) is 11.9 Å². The van der Waals surface area contributed by atoms with Gasteiger partial charge in [0.2, 0.25) is 0 Å². The highest BCUT2D eigenvalue weighted by molar-refractivity contribution is 5.39. The van der Waals surface area contributed by atoms with Gasteiger partial charge in [0.25, 0.3) is 0 Å². The molecule has 5 rings (SSSR count). The molecule has 1 atom stereocenters. The number of hydrogen-bond acceptors (Lipinski definition) is 4. The van der Waals surface area contributed by atoms with Crippen molar-refractivity contribution >= 4 is 0 Å². The summed E-state index contributed by atoms with van der Waals surface area (Å²) in [5, 5.41) is 15.8. The average molecular weight is 489 g/mol. The number of para-hydroxylation sites is 1. The molecule has 1 saturated carbocycles. The van der Waals surface area contributed by atoms with Crippen LogP contribution in [0.5, 0.6) is 0 Å². The monoisotopic (exact) mass is 488 g/mol. The largest absolute Gasteiger partial charge is 0.392 e. The molecule has 2 aromatic carbocycles. The summed E-state index contributed by atoms with van der Waals surface area (Å²) in [5.41, 5.74) is 5.38. The van der Waals surface area contributed by atoms with Crippen LogP contribution in [0.2, 0.25) is 0 Å². The molecule has 190 valence electrons. The van der Waals surface area contributed by atoms with Gasteiger partial charge in [-0.15, -0.1) is 6.58 Å². The van der Waals surface area contributed by atoms with Crippen molar-refractivity contribution in [2.75, 3.05) is 19.6 Å². The third kappa shape index (κ3) is 6.12. The first-order valence-corrected chi connectivity index (χ1v) is 13.2. The number of aliphatic hydroxyl groups is 1. The quantitative estimate of drug-likeness (QED) is 0.360. The van der Waals surface area contributed by atoms with Crippen molar-refractivity contribution in [2.24, 2.45) is 5.92 Å². The maximum atomic E-state index is 14.4. The second-order valence-corrected chi connectivity index (χ2v) is 10.3. The minimum Gasteiger partial charge on any atom is -0.392 e. The molecule has 6 heteroatoms. The summed E-state index contributed by atoms with van der Waals surface area (Å²) in [7, 11) is 0. The van der Waals surface area contributed by atoms with Crippen LogP contribution < -0.4 is 0 Å². The number of aromatic nitrogens is 2. The molecular formula is C30H37FN4O. The van der Waals surface area contributed by atoms with Gasteiger partial charge in [-0.3, -0.25) is 9.80 Å². The molecule has 1 unspecified atom stereocenters. The standard InChI is InChI=1S/C30H37FN4O/c1-2-3-12-26(36)20-34(18-23-14-15-23)22-29-27-21-33(19-24-9-7-8-13-28(24)31)17-16-30(27)35(32-29)25-10-5-4-6-11-25/h2,4-11,13,23,26,36H,1,3,12,14-22H2. The van der Waals surface area contributed by atoms with Gasteiger partial charge in [0.05, 0.1) is 23.2 Å². The number of halogens is 1. The number of rotatable bonds is 12.